The smallest absolute Gasteiger partial charge is 0.116 e. The molecule has 144 valence electrons. The second-order valence-corrected chi connectivity index (χ2v) is 9.09. The van der Waals surface area contributed by atoms with Crippen molar-refractivity contribution in [2.75, 3.05) is 0 Å². The van der Waals surface area contributed by atoms with Crippen LogP contribution in [0, 0.1) is 0 Å². The zero-order chi connectivity index (χ0) is 20.4. The summed E-state index contributed by atoms with van der Waals surface area (Å²) in [6.45, 7) is 13.2. The van der Waals surface area contributed by atoms with Gasteiger partial charge in [0.1, 0.15) is 12.7 Å². The van der Waals surface area contributed by atoms with Crippen LogP contribution in [0.2, 0.25) is 0 Å². The fourth-order valence-corrected chi connectivity index (χ4v) is 2.89. The number of hydrogen-bond acceptors (Lipinski definition) is 4. The van der Waals surface area contributed by atoms with Crippen molar-refractivity contribution in [1.29, 1.82) is 0 Å². The van der Waals surface area contributed by atoms with E-state index in [1.165, 1.54) is 11.1 Å². The van der Waals surface area contributed by atoms with Gasteiger partial charge in [0.2, 0.25) is 0 Å². The topological polar surface area (TPSA) is 51.6 Å². The molecule has 28 heavy (non-hydrogen) atoms. The molecule has 0 spiro atoms. The highest BCUT2D eigenvalue weighted by atomic mass is 14.8. The molecule has 0 saturated heterocycles. The summed E-state index contributed by atoms with van der Waals surface area (Å²) in [7, 11) is 0. The van der Waals surface area contributed by atoms with E-state index >= 15 is 0 Å². The van der Waals surface area contributed by atoms with Crippen molar-refractivity contribution >= 4 is 21.8 Å². The number of benzene rings is 2. The molecule has 4 rings (SSSR count). The zero-order valence-electron chi connectivity index (χ0n) is 17.6. The Labute approximate surface area is 167 Å². The van der Waals surface area contributed by atoms with Crippen LogP contribution in [0.4, 0.5) is 0 Å². The third-order valence-corrected chi connectivity index (χ3v) is 4.74. The molecule has 4 aromatic rings. The lowest BCUT2D eigenvalue weighted by atomic mass is 9.86. The van der Waals surface area contributed by atoms with Crippen molar-refractivity contribution in [3.63, 3.8) is 0 Å². The Bertz CT molecular complexity index is 999. The maximum Gasteiger partial charge on any atom is 0.116 e. The van der Waals surface area contributed by atoms with E-state index in [4.69, 9.17) is 0 Å². The Morgan fingerprint density at radius 3 is 1.75 bits per heavy atom. The molecule has 4 heteroatoms. The highest BCUT2D eigenvalue weighted by Gasteiger charge is 2.14. The molecule has 0 radical (unpaired) electrons. The third kappa shape index (κ3) is 4.69. The van der Waals surface area contributed by atoms with Gasteiger partial charge < -0.3 is 0 Å². The van der Waals surface area contributed by atoms with Gasteiger partial charge in [-0.2, -0.15) is 0 Å². The van der Waals surface area contributed by atoms with E-state index in [2.05, 4.69) is 97.9 Å². The molecule has 0 fully saturated rings. The van der Waals surface area contributed by atoms with Gasteiger partial charge >= 0.3 is 0 Å². The van der Waals surface area contributed by atoms with E-state index in [-0.39, 0.29) is 10.8 Å². The minimum absolute atomic E-state index is 0.180. The van der Waals surface area contributed by atoms with Crippen molar-refractivity contribution in [1.82, 2.24) is 19.9 Å². The SMILES string of the molecule is CC(C)(C)c1ccc2cncnc2c1.CC(C)(C)c1ccc2ncncc2c1. The first-order valence-corrected chi connectivity index (χ1v) is 9.55. The summed E-state index contributed by atoms with van der Waals surface area (Å²) < 4.78 is 0. The molecule has 2 aromatic heterocycles. The van der Waals surface area contributed by atoms with Crippen LogP contribution in [-0.2, 0) is 10.8 Å². The molecule has 0 aliphatic heterocycles. The molecular weight excluding hydrogens is 344 g/mol. The minimum Gasteiger partial charge on any atom is -0.244 e. The van der Waals surface area contributed by atoms with Crippen LogP contribution in [0.3, 0.4) is 0 Å². The van der Waals surface area contributed by atoms with E-state index in [0.29, 0.717) is 0 Å². The second kappa shape index (κ2) is 7.63. The number of fused-ring (bicyclic) bond motifs is 2. The normalized spacial score (nSPS) is 11.9. The lowest BCUT2D eigenvalue weighted by molar-refractivity contribution is 0.590. The number of hydrogen-bond donors (Lipinski definition) is 0. The molecule has 2 aromatic carbocycles. The average molecular weight is 373 g/mol. The first kappa shape index (κ1) is 19.9. The van der Waals surface area contributed by atoms with Crippen LogP contribution in [0.5, 0.6) is 0 Å². The standard InChI is InChI=1S/2C12H14N2/c1-12(2,3)10-4-5-11-9(6-10)7-13-8-14-11;1-12(2,3)10-5-4-9-7-13-8-14-11(9)6-10/h2*4-8H,1-3H3. The van der Waals surface area contributed by atoms with Crippen molar-refractivity contribution in [2.45, 2.75) is 52.4 Å². The first-order valence-electron chi connectivity index (χ1n) is 9.55. The molecule has 0 saturated carbocycles. The van der Waals surface area contributed by atoms with Crippen molar-refractivity contribution < 1.29 is 0 Å². The number of aromatic nitrogens is 4. The van der Waals surface area contributed by atoms with Gasteiger partial charge in [-0.15, -0.1) is 0 Å². The fourth-order valence-electron chi connectivity index (χ4n) is 2.89. The summed E-state index contributed by atoms with van der Waals surface area (Å²) in [5.41, 5.74) is 5.02. The van der Waals surface area contributed by atoms with Crippen LogP contribution < -0.4 is 0 Å². The zero-order valence-corrected chi connectivity index (χ0v) is 17.6. The Morgan fingerprint density at radius 2 is 1.11 bits per heavy atom. The molecule has 0 N–H and O–H groups in total. The van der Waals surface area contributed by atoms with Crippen LogP contribution in [0.1, 0.15) is 52.7 Å². The third-order valence-electron chi connectivity index (χ3n) is 4.74. The summed E-state index contributed by atoms with van der Waals surface area (Å²) in [5, 5.41) is 2.21. The largest absolute Gasteiger partial charge is 0.244 e. The van der Waals surface area contributed by atoms with Crippen LogP contribution in [-0.4, -0.2) is 19.9 Å². The highest BCUT2D eigenvalue weighted by molar-refractivity contribution is 5.78. The van der Waals surface area contributed by atoms with Gasteiger partial charge in [0.15, 0.2) is 0 Å². The van der Waals surface area contributed by atoms with Crippen molar-refractivity contribution in [3.8, 4) is 0 Å². The summed E-state index contributed by atoms with van der Waals surface area (Å²) in [6.07, 6.45) is 6.88. The van der Waals surface area contributed by atoms with Gasteiger partial charge in [0, 0.05) is 23.2 Å². The van der Waals surface area contributed by atoms with Gasteiger partial charge in [-0.05, 0) is 40.2 Å². The van der Waals surface area contributed by atoms with Gasteiger partial charge in [0.05, 0.1) is 11.0 Å². The average Bonchev–Trinajstić information content (AvgIpc) is 2.66. The maximum absolute atomic E-state index is 4.24. The Kier molecular flexibility index (Phi) is 5.41. The lowest BCUT2D eigenvalue weighted by Gasteiger charge is -2.19. The van der Waals surface area contributed by atoms with Crippen molar-refractivity contribution in [2.24, 2.45) is 0 Å². The fraction of sp³-hybridized carbons (Fsp3) is 0.333. The Morgan fingerprint density at radius 1 is 0.571 bits per heavy atom. The van der Waals surface area contributed by atoms with Gasteiger partial charge in [-0.25, -0.2) is 19.9 Å². The minimum atomic E-state index is 0.180. The van der Waals surface area contributed by atoms with E-state index in [1.807, 2.05) is 12.4 Å². The number of rotatable bonds is 0. The molecule has 0 amide bonds. The van der Waals surface area contributed by atoms with Crippen LogP contribution >= 0.6 is 0 Å². The predicted molar refractivity (Wildman–Crippen MR) is 116 cm³/mol. The number of nitrogens with zero attached hydrogens (tertiary/aromatic N) is 4. The summed E-state index contributed by atoms with van der Waals surface area (Å²) >= 11 is 0. The van der Waals surface area contributed by atoms with E-state index < -0.39 is 0 Å². The van der Waals surface area contributed by atoms with Crippen LogP contribution in [0.25, 0.3) is 21.8 Å². The Hall–Kier alpha value is -2.88. The summed E-state index contributed by atoms with van der Waals surface area (Å²) in [4.78, 5) is 16.5. The predicted octanol–water partition coefficient (Wildman–Crippen LogP) is 5.85. The van der Waals surface area contributed by atoms with E-state index in [9.17, 15) is 0 Å². The summed E-state index contributed by atoms with van der Waals surface area (Å²) in [5.74, 6) is 0. The van der Waals surface area contributed by atoms with E-state index in [1.54, 1.807) is 12.7 Å². The highest BCUT2D eigenvalue weighted by Crippen LogP contribution is 2.25. The quantitative estimate of drug-likeness (QED) is 0.388. The van der Waals surface area contributed by atoms with Gasteiger partial charge in [-0.1, -0.05) is 59.7 Å². The second-order valence-electron chi connectivity index (χ2n) is 9.09. The molecule has 0 aliphatic rings. The van der Waals surface area contributed by atoms with E-state index in [0.717, 1.165) is 21.8 Å². The molecule has 4 nitrogen and oxygen atoms in total. The summed E-state index contributed by atoms with van der Waals surface area (Å²) in [6, 6.07) is 12.7. The molecular formula is C24H28N4. The maximum atomic E-state index is 4.24. The first-order chi connectivity index (χ1) is 13.1. The molecule has 0 unspecified atom stereocenters. The van der Waals surface area contributed by atoms with Crippen molar-refractivity contribution in [3.05, 3.63) is 72.6 Å². The van der Waals surface area contributed by atoms with Gasteiger partial charge in [0.25, 0.3) is 0 Å². The monoisotopic (exact) mass is 372 g/mol. The molecule has 0 aliphatic carbocycles. The van der Waals surface area contributed by atoms with Gasteiger partial charge in [-0.3, -0.25) is 0 Å². The van der Waals surface area contributed by atoms with Crippen LogP contribution in [0.15, 0.2) is 61.4 Å². The lowest BCUT2D eigenvalue weighted by Crippen LogP contribution is -2.10. The molecule has 0 atom stereocenters. The molecule has 2 heterocycles. The Balaban J connectivity index is 0.000000161. The molecule has 0 bridgehead atoms.